The van der Waals surface area contributed by atoms with Crippen molar-refractivity contribution >= 4 is 6.03 Å². The fourth-order valence-electron chi connectivity index (χ4n) is 4.04. The number of aromatic nitrogens is 2. The smallest absolute Gasteiger partial charge is 0.315 e. The Morgan fingerprint density at radius 2 is 1.79 bits per heavy atom. The second-order valence-corrected chi connectivity index (χ2v) is 9.40. The van der Waals surface area contributed by atoms with Crippen LogP contribution >= 0.6 is 0 Å². The molecule has 0 fully saturated rings. The first kappa shape index (κ1) is 21.2. The zero-order valence-corrected chi connectivity index (χ0v) is 18.7. The van der Waals surface area contributed by atoms with E-state index in [-0.39, 0.29) is 29.4 Å². The third-order valence-corrected chi connectivity index (χ3v) is 5.52. The summed E-state index contributed by atoms with van der Waals surface area (Å²) in [6.07, 6.45) is 5.16. The summed E-state index contributed by atoms with van der Waals surface area (Å²) in [5, 5.41) is 10.8. The van der Waals surface area contributed by atoms with E-state index >= 15 is 0 Å². The number of carbonyl (C=O) groups is 1. The second-order valence-electron chi connectivity index (χ2n) is 9.40. The van der Waals surface area contributed by atoms with E-state index in [0.29, 0.717) is 0 Å². The molecule has 1 aliphatic rings. The van der Waals surface area contributed by atoms with Crippen LogP contribution in [0.1, 0.15) is 69.5 Å². The molecule has 5 nitrogen and oxygen atoms in total. The summed E-state index contributed by atoms with van der Waals surface area (Å²) in [4.78, 5) is 12.0. The number of amides is 2. The molecule has 2 aromatic rings. The summed E-state index contributed by atoms with van der Waals surface area (Å²) >= 11 is 0. The summed E-state index contributed by atoms with van der Waals surface area (Å²) in [6, 6.07) is 8.74. The highest BCUT2D eigenvalue weighted by molar-refractivity contribution is 5.74. The highest BCUT2D eigenvalue weighted by atomic mass is 16.2. The van der Waals surface area contributed by atoms with Crippen LogP contribution < -0.4 is 10.6 Å². The molecule has 1 heterocycles. The lowest BCUT2D eigenvalue weighted by molar-refractivity contribution is 0.236. The fraction of sp³-hybridized carbons (Fsp3) is 0.500. The van der Waals surface area contributed by atoms with Crippen molar-refractivity contribution in [2.24, 2.45) is 0 Å². The molecule has 0 saturated carbocycles. The summed E-state index contributed by atoms with van der Waals surface area (Å²) in [6.45, 7) is 14.8. The third kappa shape index (κ3) is 4.72. The van der Waals surface area contributed by atoms with Gasteiger partial charge in [0.05, 0.1) is 11.4 Å². The van der Waals surface area contributed by atoms with Gasteiger partial charge in [-0.2, -0.15) is 5.10 Å². The zero-order chi connectivity index (χ0) is 21.3. The van der Waals surface area contributed by atoms with Crippen LogP contribution in [0, 0.1) is 13.8 Å². The van der Waals surface area contributed by atoms with Crippen molar-refractivity contribution < 1.29 is 4.79 Å². The molecule has 0 bridgehead atoms. The average Bonchev–Trinajstić information content (AvgIpc) is 3.17. The Labute approximate surface area is 174 Å². The normalized spacial score (nSPS) is 19.0. The molecule has 2 atom stereocenters. The molecule has 0 spiro atoms. The molecule has 0 saturated heterocycles. The SMILES string of the molecule is Cc1nn(-c2ccc(C(C)(C)C)cc2)c(C)c1[C@@H]1C=C[C@@H](NC(=O)NC(C)C)C1. The monoisotopic (exact) mass is 394 g/mol. The fourth-order valence-corrected chi connectivity index (χ4v) is 4.04. The van der Waals surface area contributed by atoms with Gasteiger partial charge in [0.25, 0.3) is 0 Å². The van der Waals surface area contributed by atoms with Crippen molar-refractivity contribution in [1.29, 1.82) is 0 Å². The first-order valence-corrected chi connectivity index (χ1v) is 10.5. The maximum atomic E-state index is 12.0. The molecule has 2 N–H and O–H groups in total. The van der Waals surface area contributed by atoms with Gasteiger partial charge in [-0.25, -0.2) is 9.48 Å². The van der Waals surface area contributed by atoms with Crippen molar-refractivity contribution in [3.8, 4) is 5.69 Å². The van der Waals surface area contributed by atoms with Gasteiger partial charge in [-0.15, -0.1) is 0 Å². The molecule has 156 valence electrons. The van der Waals surface area contributed by atoms with E-state index in [4.69, 9.17) is 5.10 Å². The van der Waals surface area contributed by atoms with E-state index in [1.165, 1.54) is 11.1 Å². The molecule has 29 heavy (non-hydrogen) atoms. The van der Waals surface area contributed by atoms with Crippen molar-refractivity contribution in [2.75, 3.05) is 0 Å². The minimum absolute atomic E-state index is 0.0481. The summed E-state index contributed by atoms with van der Waals surface area (Å²) in [5.41, 5.74) is 6.00. The Bertz CT molecular complexity index is 900. The molecule has 1 aromatic heterocycles. The Hall–Kier alpha value is -2.56. The molecule has 1 aromatic carbocycles. The number of carbonyl (C=O) groups excluding carboxylic acids is 1. The van der Waals surface area contributed by atoms with Crippen molar-refractivity contribution in [1.82, 2.24) is 20.4 Å². The highest BCUT2D eigenvalue weighted by Gasteiger charge is 2.27. The number of hydrogen-bond donors (Lipinski definition) is 2. The first-order chi connectivity index (χ1) is 13.6. The van der Waals surface area contributed by atoms with Gasteiger partial charge in [0.1, 0.15) is 0 Å². The van der Waals surface area contributed by atoms with Crippen LogP contribution in [0.5, 0.6) is 0 Å². The van der Waals surface area contributed by atoms with Crippen LogP contribution in [0.15, 0.2) is 36.4 Å². The summed E-state index contributed by atoms with van der Waals surface area (Å²) in [5.74, 6) is 0.266. The highest BCUT2D eigenvalue weighted by Crippen LogP contribution is 2.34. The largest absolute Gasteiger partial charge is 0.336 e. The molecule has 2 amide bonds. The topological polar surface area (TPSA) is 59.0 Å². The second kappa shape index (κ2) is 8.05. The molecule has 0 aliphatic heterocycles. The van der Waals surface area contributed by atoms with Gasteiger partial charge < -0.3 is 10.6 Å². The summed E-state index contributed by atoms with van der Waals surface area (Å²) in [7, 11) is 0. The van der Waals surface area contributed by atoms with E-state index in [2.05, 4.69) is 81.7 Å². The number of nitrogens with zero attached hydrogens (tertiary/aromatic N) is 2. The number of rotatable bonds is 4. The minimum atomic E-state index is -0.113. The lowest BCUT2D eigenvalue weighted by Crippen LogP contribution is -2.43. The summed E-state index contributed by atoms with van der Waals surface area (Å²) < 4.78 is 2.04. The van der Waals surface area contributed by atoms with E-state index in [0.717, 1.165) is 23.5 Å². The molecule has 3 rings (SSSR count). The van der Waals surface area contributed by atoms with Gasteiger partial charge in [-0.05, 0) is 57.2 Å². The van der Waals surface area contributed by atoms with Crippen LogP contribution in [0.3, 0.4) is 0 Å². The van der Waals surface area contributed by atoms with E-state index in [9.17, 15) is 4.79 Å². The predicted octanol–water partition coefficient (Wildman–Crippen LogP) is 4.91. The Kier molecular flexibility index (Phi) is 5.87. The van der Waals surface area contributed by atoms with E-state index in [1.807, 2.05) is 18.5 Å². The average molecular weight is 395 g/mol. The quantitative estimate of drug-likeness (QED) is 0.724. The number of allylic oxidation sites excluding steroid dienone is 1. The number of nitrogens with one attached hydrogen (secondary N) is 2. The maximum absolute atomic E-state index is 12.0. The number of urea groups is 1. The lowest BCUT2D eigenvalue weighted by atomic mass is 9.87. The van der Waals surface area contributed by atoms with Crippen LogP contribution in [0.4, 0.5) is 4.79 Å². The molecular formula is C24H34N4O. The van der Waals surface area contributed by atoms with Crippen molar-refractivity contribution in [3.63, 3.8) is 0 Å². The molecular weight excluding hydrogens is 360 g/mol. The van der Waals surface area contributed by atoms with E-state index < -0.39 is 0 Å². The van der Waals surface area contributed by atoms with Gasteiger partial charge in [0, 0.05) is 29.3 Å². The first-order valence-electron chi connectivity index (χ1n) is 10.5. The number of hydrogen-bond acceptors (Lipinski definition) is 2. The van der Waals surface area contributed by atoms with Gasteiger partial charge in [-0.3, -0.25) is 0 Å². The van der Waals surface area contributed by atoms with Crippen LogP contribution in [0.25, 0.3) is 5.69 Å². The Morgan fingerprint density at radius 1 is 1.14 bits per heavy atom. The van der Waals surface area contributed by atoms with Gasteiger partial charge in [-0.1, -0.05) is 45.1 Å². The van der Waals surface area contributed by atoms with Crippen molar-refractivity contribution in [2.45, 2.75) is 78.3 Å². The minimum Gasteiger partial charge on any atom is -0.336 e. The number of benzene rings is 1. The Morgan fingerprint density at radius 3 is 2.38 bits per heavy atom. The lowest BCUT2D eigenvalue weighted by Gasteiger charge is -2.19. The van der Waals surface area contributed by atoms with Crippen LogP contribution in [-0.4, -0.2) is 27.9 Å². The Balaban J connectivity index is 1.77. The van der Waals surface area contributed by atoms with Gasteiger partial charge in [0.15, 0.2) is 0 Å². The molecule has 0 radical (unpaired) electrons. The van der Waals surface area contributed by atoms with Crippen molar-refractivity contribution in [3.05, 3.63) is 58.9 Å². The van der Waals surface area contributed by atoms with Gasteiger partial charge in [0.2, 0.25) is 0 Å². The zero-order valence-electron chi connectivity index (χ0n) is 18.7. The molecule has 5 heteroatoms. The third-order valence-electron chi connectivity index (χ3n) is 5.52. The van der Waals surface area contributed by atoms with Gasteiger partial charge >= 0.3 is 6.03 Å². The molecule has 0 unspecified atom stereocenters. The predicted molar refractivity (Wildman–Crippen MR) is 119 cm³/mol. The van der Waals surface area contributed by atoms with Crippen LogP contribution in [0.2, 0.25) is 0 Å². The number of aryl methyl sites for hydroxylation is 1. The van der Waals surface area contributed by atoms with Crippen LogP contribution in [-0.2, 0) is 5.41 Å². The standard InChI is InChI=1S/C24H34N4O/c1-15(2)25-23(29)26-20-11-8-18(14-20)22-16(3)27-28(17(22)4)21-12-9-19(10-13-21)24(5,6)7/h8-13,15,18,20H,14H2,1-7H3,(H2,25,26,29)/t18-,20-/m1/s1. The van der Waals surface area contributed by atoms with E-state index in [1.54, 1.807) is 0 Å². The maximum Gasteiger partial charge on any atom is 0.315 e. The molecule has 1 aliphatic carbocycles.